The van der Waals surface area contributed by atoms with Crippen molar-refractivity contribution in [1.29, 1.82) is 0 Å². The van der Waals surface area contributed by atoms with Gasteiger partial charge in [0.25, 0.3) is 5.56 Å². The Morgan fingerprint density at radius 3 is 2.57 bits per heavy atom. The van der Waals surface area contributed by atoms with Gasteiger partial charge in [0.2, 0.25) is 10.0 Å². The normalized spacial score (nSPS) is 16.9. The Morgan fingerprint density at radius 2 is 1.83 bits per heavy atom. The Balaban J connectivity index is 1.48. The van der Waals surface area contributed by atoms with Crippen molar-refractivity contribution >= 4 is 21.1 Å². The maximum Gasteiger partial charge on any atom is 0.262 e. The summed E-state index contributed by atoms with van der Waals surface area (Å²) >= 11 is 0. The third-order valence-electron chi connectivity index (χ3n) is 6.22. The van der Waals surface area contributed by atoms with Gasteiger partial charge in [-0.05, 0) is 37.1 Å². The lowest BCUT2D eigenvalue weighted by Gasteiger charge is -2.31. The topological polar surface area (TPSA) is 119 Å². The van der Waals surface area contributed by atoms with E-state index in [9.17, 15) is 13.2 Å². The number of hydrogen-bond acceptors (Lipinski definition) is 7. The van der Waals surface area contributed by atoms with E-state index in [-0.39, 0.29) is 22.9 Å². The van der Waals surface area contributed by atoms with Crippen LogP contribution < -0.4 is 15.0 Å². The number of hydrogen-bond donors (Lipinski definition) is 1. The molecule has 1 fully saturated rings. The van der Waals surface area contributed by atoms with Crippen molar-refractivity contribution in [2.24, 2.45) is 0 Å². The van der Waals surface area contributed by atoms with Crippen LogP contribution in [0.2, 0.25) is 0 Å². The van der Waals surface area contributed by atoms with Crippen molar-refractivity contribution in [3.05, 3.63) is 70.9 Å². The molecule has 182 valence electrons. The third kappa shape index (κ3) is 4.17. The first kappa shape index (κ1) is 23.1. The Hall–Kier alpha value is -3.70. The van der Waals surface area contributed by atoms with Crippen LogP contribution in [-0.2, 0) is 10.0 Å². The molecule has 1 unspecified atom stereocenters. The van der Waals surface area contributed by atoms with Crippen LogP contribution in [0.4, 0.5) is 0 Å². The molecule has 1 N–H and O–H groups in total. The maximum absolute atomic E-state index is 13.4. The molecular formula is C24H25N5O5S. The molecule has 1 saturated heterocycles. The number of aromatic nitrogens is 4. The summed E-state index contributed by atoms with van der Waals surface area (Å²) in [7, 11) is -0.836. The van der Waals surface area contributed by atoms with Gasteiger partial charge in [-0.2, -0.15) is 9.40 Å². The molecule has 0 spiro atoms. The number of nitrogens with zero attached hydrogens (tertiary/aromatic N) is 4. The van der Waals surface area contributed by atoms with Gasteiger partial charge in [0.1, 0.15) is 11.2 Å². The van der Waals surface area contributed by atoms with Gasteiger partial charge in [0, 0.05) is 25.1 Å². The molecule has 1 aliphatic heterocycles. The molecule has 1 aliphatic rings. The van der Waals surface area contributed by atoms with Gasteiger partial charge in [-0.15, -0.1) is 0 Å². The lowest BCUT2D eigenvalue weighted by Crippen LogP contribution is -2.39. The average Bonchev–Trinajstić information content (AvgIpc) is 3.33. The number of aromatic amines is 1. The zero-order chi connectivity index (χ0) is 24.6. The van der Waals surface area contributed by atoms with E-state index in [1.165, 1.54) is 36.9 Å². The largest absolute Gasteiger partial charge is 0.493 e. The van der Waals surface area contributed by atoms with Crippen molar-refractivity contribution in [1.82, 2.24) is 24.1 Å². The molecule has 1 atom stereocenters. The summed E-state index contributed by atoms with van der Waals surface area (Å²) in [4.78, 5) is 20.5. The summed E-state index contributed by atoms with van der Waals surface area (Å²) in [6, 6.07) is 14.0. The molecule has 3 heterocycles. The summed E-state index contributed by atoms with van der Waals surface area (Å²) in [6.45, 7) is 0.576. The molecule has 10 nitrogen and oxygen atoms in total. The molecule has 0 saturated carbocycles. The predicted octanol–water partition coefficient (Wildman–Crippen LogP) is 2.69. The number of piperidine rings is 1. The monoisotopic (exact) mass is 495 g/mol. The molecular weight excluding hydrogens is 470 g/mol. The summed E-state index contributed by atoms with van der Waals surface area (Å²) in [5.41, 5.74) is 0.926. The fourth-order valence-electron chi connectivity index (χ4n) is 4.40. The summed E-state index contributed by atoms with van der Waals surface area (Å²) < 4.78 is 40.4. The van der Waals surface area contributed by atoms with Gasteiger partial charge in [-0.1, -0.05) is 18.2 Å². The van der Waals surface area contributed by atoms with E-state index in [1.54, 1.807) is 10.7 Å². The minimum Gasteiger partial charge on any atom is -0.493 e. The van der Waals surface area contributed by atoms with Gasteiger partial charge < -0.3 is 14.5 Å². The molecule has 0 amide bonds. The van der Waals surface area contributed by atoms with Crippen molar-refractivity contribution in [2.45, 2.75) is 23.7 Å². The summed E-state index contributed by atoms with van der Waals surface area (Å²) in [6.07, 6.45) is 2.83. The highest BCUT2D eigenvalue weighted by atomic mass is 32.2. The Labute approximate surface area is 202 Å². The number of fused-ring (bicyclic) bond motifs is 1. The summed E-state index contributed by atoms with van der Waals surface area (Å²) in [5.74, 6) is 0.975. The number of nitrogens with one attached hydrogen (secondary N) is 1. The minimum atomic E-state index is -3.79. The fourth-order valence-corrected chi connectivity index (χ4v) is 5.94. The second-order valence-electron chi connectivity index (χ2n) is 8.30. The number of H-pyrrole nitrogens is 1. The van der Waals surface area contributed by atoms with E-state index in [1.807, 2.05) is 30.3 Å². The first-order chi connectivity index (χ1) is 16.9. The van der Waals surface area contributed by atoms with Crippen molar-refractivity contribution < 1.29 is 17.9 Å². The number of methoxy groups -OCH3 is 2. The van der Waals surface area contributed by atoms with Gasteiger partial charge in [0.15, 0.2) is 17.1 Å². The zero-order valence-corrected chi connectivity index (χ0v) is 20.2. The van der Waals surface area contributed by atoms with Crippen molar-refractivity contribution in [3.63, 3.8) is 0 Å². The van der Waals surface area contributed by atoms with Crippen LogP contribution in [0.1, 0.15) is 24.6 Å². The fraction of sp³-hybridized carbons (Fsp3) is 0.292. The Bertz CT molecular complexity index is 1530. The Kier molecular flexibility index (Phi) is 6.03. The third-order valence-corrected chi connectivity index (χ3v) is 8.08. The van der Waals surface area contributed by atoms with Crippen LogP contribution in [0.25, 0.3) is 16.7 Å². The minimum absolute atomic E-state index is 0.120. The van der Waals surface area contributed by atoms with Crippen LogP contribution in [-0.4, -0.2) is 59.8 Å². The van der Waals surface area contributed by atoms with Gasteiger partial charge in [-0.25, -0.2) is 18.1 Å². The lowest BCUT2D eigenvalue weighted by molar-refractivity contribution is 0.308. The van der Waals surface area contributed by atoms with Crippen molar-refractivity contribution in [2.75, 3.05) is 27.3 Å². The highest BCUT2D eigenvalue weighted by molar-refractivity contribution is 7.89. The van der Waals surface area contributed by atoms with E-state index in [4.69, 9.17) is 14.5 Å². The second-order valence-corrected chi connectivity index (χ2v) is 10.2. The van der Waals surface area contributed by atoms with E-state index >= 15 is 0 Å². The molecule has 0 radical (unpaired) electrons. The van der Waals surface area contributed by atoms with Crippen molar-refractivity contribution in [3.8, 4) is 17.2 Å². The van der Waals surface area contributed by atoms with E-state index in [0.717, 1.165) is 5.69 Å². The first-order valence-corrected chi connectivity index (χ1v) is 12.6. The number of rotatable bonds is 6. The number of ether oxygens (including phenoxy) is 2. The smallest absolute Gasteiger partial charge is 0.262 e. The van der Waals surface area contributed by atoms with Crippen LogP contribution in [0, 0.1) is 0 Å². The van der Waals surface area contributed by atoms with E-state index < -0.39 is 10.0 Å². The molecule has 5 rings (SSSR count). The zero-order valence-electron chi connectivity index (χ0n) is 19.3. The quantitative estimate of drug-likeness (QED) is 0.437. The molecule has 35 heavy (non-hydrogen) atoms. The molecule has 2 aromatic heterocycles. The lowest BCUT2D eigenvalue weighted by atomic mass is 9.99. The van der Waals surface area contributed by atoms with Crippen LogP contribution in [0.15, 0.2) is 64.4 Å². The highest BCUT2D eigenvalue weighted by Gasteiger charge is 2.33. The number of benzene rings is 2. The number of sulfonamides is 1. The number of para-hydroxylation sites is 1. The average molecular weight is 496 g/mol. The standard InChI is InChI=1S/C24H25N5O5S/c1-33-20-11-10-18(13-21(20)34-2)35(31,32)28-12-6-7-16(15-28)22-26-23-19(24(30)27-22)14-25-29(23)17-8-4-3-5-9-17/h3-5,8-11,13-14,16H,6-7,12,15H2,1-2H3,(H,26,27,30). The molecule has 4 aromatic rings. The van der Waals surface area contributed by atoms with E-state index in [2.05, 4.69) is 10.1 Å². The van der Waals surface area contributed by atoms with Gasteiger partial charge in [-0.3, -0.25) is 4.79 Å². The molecule has 0 aliphatic carbocycles. The predicted molar refractivity (Wildman–Crippen MR) is 130 cm³/mol. The molecule has 0 bridgehead atoms. The van der Waals surface area contributed by atoms with Gasteiger partial charge in [0.05, 0.1) is 31.0 Å². The SMILES string of the molecule is COc1ccc(S(=O)(=O)N2CCCC(c3nc4c(cnn4-c4ccccc4)c(=O)[nH]3)C2)cc1OC. The first-order valence-electron chi connectivity index (χ1n) is 11.2. The second kappa shape index (κ2) is 9.16. The molecule has 11 heteroatoms. The van der Waals surface area contributed by atoms with E-state index in [0.29, 0.717) is 47.7 Å². The highest BCUT2D eigenvalue weighted by Crippen LogP contribution is 2.33. The summed E-state index contributed by atoms with van der Waals surface area (Å²) in [5, 5.41) is 4.72. The maximum atomic E-state index is 13.4. The van der Waals surface area contributed by atoms with Gasteiger partial charge >= 0.3 is 0 Å². The van der Waals surface area contributed by atoms with Crippen LogP contribution in [0.5, 0.6) is 11.5 Å². The Morgan fingerprint density at radius 1 is 1.06 bits per heavy atom. The molecule has 2 aromatic carbocycles. The van der Waals surface area contributed by atoms with Crippen LogP contribution >= 0.6 is 0 Å². The van der Waals surface area contributed by atoms with Crippen LogP contribution in [0.3, 0.4) is 0 Å².